The number of methoxy groups -OCH3 is 1. The van der Waals surface area contributed by atoms with Crippen molar-refractivity contribution in [3.8, 4) is 5.75 Å². The van der Waals surface area contributed by atoms with Crippen LogP contribution in [0.4, 0.5) is 5.13 Å². The molecule has 0 radical (unpaired) electrons. The summed E-state index contributed by atoms with van der Waals surface area (Å²) in [5.74, 6) is 2.84. The number of aryl methyl sites for hydroxylation is 2. The second-order valence-electron chi connectivity index (χ2n) is 6.75. The number of ether oxygens (including phenoxy) is 1. The lowest BCUT2D eigenvalue weighted by Crippen LogP contribution is -2.52. The molecule has 7 nitrogen and oxygen atoms in total. The molecule has 1 aliphatic rings. The van der Waals surface area contributed by atoms with Crippen LogP contribution in [0.15, 0.2) is 29.3 Å². The molecule has 29 heavy (non-hydrogen) atoms. The zero-order valence-corrected chi connectivity index (χ0v) is 20.6. The zero-order valence-electron chi connectivity index (χ0n) is 17.4. The molecule has 0 amide bonds. The molecule has 1 aromatic carbocycles. The standard InChI is InChI=1S/C20H30N6OS.HI/c1-4-18-23-20(28-24-18)26-13-11-25(12-14-26)19(21-2)22-10-6-8-16-7-5-9-17(15-16)27-3;/h5,7,9,15H,4,6,8,10-14H2,1-3H3,(H,21,22);1H. The van der Waals surface area contributed by atoms with Crippen LogP contribution in [0.1, 0.15) is 24.7 Å². The van der Waals surface area contributed by atoms with Crippen molar-refractivity contribution in [2.75, 3.05) is 51.8 Å². The molecule has 1 fully saturated rings. The second kappa shape index (κ2) is 12.2. The number of hydrogen-bond donors (Lipinski definition) is 1. The summed E-state index contributed by atoms with van der Waals surface area (Å²) in [6.07, 6.45) is 2.96. The number of halogens is 1. The quantitative estimate of drug-likeness (QED) is 0.257. The Morgan fingerprint density at radius 2 is 2.07 bits per heavy atom. The minimum Gasteiger partial charge on any atom is -0.497 e. The molecule has 0 saturated carbocycles. The summed E-state index contributed by atoms with van der Waals surface area (Å²) >= 11 is 1.50. The van der Waals surface area contributed by atoms with Gasteiger partial charge in [0.15, 0.2) is 5.96 Å². The first kappa shape index (κ1) is 23.7. The third-order valence-electron chi connectivity index (χ3n) is 4.89. The highest BCUT2D eigenvalue weighted by molar-refractivity contribution is 14.0. The molecule has 3 rings (SSSR count). The SMILES string of the molecule is CCc1nsc(N2CCN(C(=NC)NCCCc3cccc(OC)c3)CC2)n1.I. The molecule has 160 valence electrons. The number of aromatic nitrogens is 2. The van der Waals surface area contributed by atoms with Crippen molar-refractivity contribution in [3.63, 3.8) is 0 Å². The molecule has 1 saturated heterocycles. The van der Waals surface area contributed by atoms with Crippen molar-refractivity contribution < 1.29 is 4.74 Å². The van der Waals surface area contributed by atoms with Crippen LogP contribution >= 0.6 is 35.5 Å². The lowest BCUT2D eigenvalue weighted by atomic mass is 10.1. The van der Waals surface area contributed by atoms with Gasteiger partial charge >= 0.3 is 0 Å². The number of rotatable bonds is 7. The second-order valence-corrected chi connectivity index (χ2v) is 7.48. The lowest BCUT2D eigenvalue weighted by molar-refractivity contribution is 0.372. The molecule has 1 aromatic heterocycles. The smallest absolute Gasteiger partial charge is 0.205 e. The molecular weight excluding hydrogens is 499 g/mol. The van der Waals surface area contributed by atoms with E-state index in [-0.39, 0.29) is 24.0 Å². The van der Waals surface area contributed by atoms with Gasteiger partial charge in [-0.2, -0.15) is 4.37 Å². The van der Waals surface area contributed by atoms with Gasteiger partial charge in [-0.3, -0.25) is 4.99 Å². The van der Waals surface area contributed by atoms with Crippen molar-refractivity contribution in [2.45, 2.75) is 26.2 Å². The minimum absolute atomic E-state index is 0. The first-order valence-corrected chi connectivity index (χ1v) is 10.7. The number of hydrogen-bond acceptors (Lipinski definition) is 6. The summed E-state index contributed by atoms with van der Waals surface area (Å²) in [6, 6.07) is 8.27. The van der Waals surface area contributed by atoms with Gasteiger partial charge in [0.2, 0.25) is 5.13 Å². The highest BCUT2D eigenvalue weighted by Gasteiger charge is 2.21. The topological polar surface area (TPSA) is 65.9 Å². The maximum atomic E-state index is 5.29. The third-order valence-corrected chi connectivity index (χ3v) is 5.71. The third kappa shape index (κ3) is 6.70. The maximum absolute atomic E-state index is 5.29. The fourth-order valence-corrected chi connectivity index (χ4v) is 4.08. The molecule has 0 spiro atoms. The Morgan fingerprint density at radius 3 is 2.72 bits per heavy atom. The number of piperazine rings is 1. The van der Waals surface area contributed by atoms with Crippen LogP contribution in [-0.2, 0) is 12.8 Å². The van der Waals surface area contributed by atoms with Gasteiger partial charge in [-0.1, -0.05) is 19.1 Å². The molecule has 2 heterocycles. The maximum Gasteiger partial charge on any atom is 0.205 e. The van der Waals surface area contributed by atoms with E-state index in [1.165, 1.54) is 17.1 Å². The van der Waals surface area contributed by atoms with E-state index in [4.69, 9.17) is 4.74 Å². The Kier molecular flexibility index (Phi) is 9.92. The monoisotopic (exact) mass is 530 g/mol. The van der Waals surface area contributed by atoms with Crippen LogP contribution in [0.25, 0.3) is 0 Å². The molecule has 0 atom stereocenters. The average Bonchev–Trinajstić information content (AvgIpc) is 3.23. The normalized spacial score (nSPS) is 14.5. The molecule has 1 N–H and O–H groups in total. The highest BCUT2D eigenvalue weighted by Crippen LogP contribution is 2.19. The first-order chi connectivity index (χ1) is 13.7. The van der Waals surface area contributed by atoms with Crippen molar-refractivity contribution in [1.29, 1.82) is 0 Å². The summed E-state index contributed by atoms with van der Waals surface area (Å²) in [4.78, 5) is 13.7. The fourth-order valence-electron chi connectivity index (χ4n) is 3.28. The Morgan fingerprint density at radius 1 is 1.28 bits per heavy atom. The van der Waals surface area contributed by atoms with Crippen LogP contribution in [0.2, 0.25) is 0 Å². The van der Waals surface area contributed by atoms with Crippen molar-refractivity contribution >= 4 is 46.6 Å². The predicted molar refractivity (Wildman–Crippen MR) is 131 cm³/mol. The lowest BCUT2D eigenvalue weighted by Gasteiger charge is -2.36. The fraction of sp³-hybridized carbons (Fsp3) is 0.550. The van der Waals surface area contributed by atoms with Gasteiger partial charge in [0.25, 0.3) is 0 Å². The van der Waals surface area contributed by atoms with E-state index in [0.717, 1.165) is 74.7 Å². The van der Waals surface area contributed by atoms with Gasteiger partial charge in [0, 0.05) is 57.7 Å². The van der Waals surface area contributed by atoms with Crippen LogP contribution in [0, 0.1) is 0 Å². The molecular formula is C20H31IN6OS. The Balaban J connectivity index is 0.00000300. The predicted octanol–water partition coefficient (Wildman–Crippen LogP) is 3.06. The molecule has 2 aromatic rings. The molecule has 1 aliphatic heterocycles. The molecule has 9 heteroatoms. The number of guanidine groups is 1. The van der Waals surface area contributed by atoms with E-state index in [9.17, 15) is 0 Å². The van der Waals surface area contributed by atoms with E-state index in [1.54, 1.807) is 7.11 Å². The summed E-state index contributed by atoms with van der Waals surface area (Å²) in [5.41, 5.74) is 1.30. The van der Waals surface area contributed by atoms with E-state index in [1.807, 2.05) is 19.2 Å². The Bertz CT molecular complexity index is 776. The first-order valence-electron chi connectivity index (χ1n) is 9.89. The number of aliphatic imine (C=N–C) groups is 1. The van der Waals surface area contributed by atoms with E-state index in [2.05, 4.69) is 48.5 Å². The van der Waals surface area contributed by atoms with Crippen molar-refractivity contribution in [2.24, 2.45) is 4.99 Å². The molecule has 0 unspecified atom stereocenters. The van der Waals surface area contributed by atoms with Gasteiger partial charge in [-0.05, 0) is 30.5 Å². The van der Waals surface area contributed by atoms with Gasteiger partial charge in [0.1, 0.15) is 11.6 Å². The number of nitrogens with zero attached hydrogens (tertiary/aromatic N) is 5. The number of nitrogens with one attached hydrogen (secondary N) is 1. The summed E-state index contributed by atoms with van der Waals surface area (Å²) in [5, 5.41) is 4.55. The van der Waals surface area contributed by atoms with Crippen molar-refractivity contribution in [1.82, 2.24) is 19.6 Å². The van der Waals surface area contributed by atoms with E-state index in [0.29, 0.717) is 0 Å². The van der Waals surface area contributed by atoms with Crippen LogP contribution in [0.3, 0.4) is 0 Å². The number of benzene rings is 1. The van der Waals surface area contributed by atoms with Crippen LogP contribution < -0.4 is 15.0 Å². The average molecular weight is 530 g/mol. The minimum atomic E-state index is 0. The molecule has 0 aliphatic carbocycles. The van der Waals surface area contributed by atoms with Crippen LogP contribution in [-0.4, -0.2) is 67.1 Å². The zero-order chi connectivity index (χ0) is 19.8. The summed E-state index contributed by atoms with van der Waals surface area (Å²) < 4.78 is 9.69. The van der Waals surface area contributed by atoms with Crippen molar-refractivity contribution in [3.05, 3.63) is 35.7 Å². The van der Waals surface area contributed by atoms with Gasteiger partial charge in [-0.25, -0.2) is 4.98 Å². The molecule has 0 bridgehead atoms. The highest BCUT2D eigenvalue weighted by atomic mass is 127. The summed E-state index contributed by atoms with van der Waals surface area (Å²) in [6.45, 7) is 6.77. The largest absolute Gasteiger partial charge is 0.497 e. The Hall–Kier alpha value is -1.62. The van der Waals surface area contributed by atoms with Gasteiger partial charge in [0.05, 0.1) is 7.11 Å². The van der Waals surface area contributed by atoms with E-state index >= 15 is 0 Å². The van der Waals surface area contributed by atoms with Crippen LogP contribution in [0.5, 0.6) is 5.75 Å². The summed E-state index contributed by atoms with van der Waals surface area (Å²) in [7, 11) is 3.56. The van der Waals surface area contributed by atoms with E-state index < -0.39 is 0 Å². The number of anilines is 1. The van der Waals surface area contributed by atoms with Gasteiger partial charge in [-0.15, -0.1) is 24.0 Å². The van der Waals surface area contributed by atoms with Gasteiger partial charge < -0.3 is 19.9 Å². The Labute approximate surface area is 194 Å².